The summed E-state index contributed by atoms with van der Waals surface area (Å²) in [6, 6.07) is 15.5. The van der Waals surface area contributed by atoms with Gasteiger partial charge in [-0.1, -0.05) is 24.3 Å². The van der Waals surface area contributed by atoms with Crippen LogP contribution in [0.25, 0.3) is 0 Å². The monoisotopic (exact) mass is 335 g/mol. The number of anilines is 1. The molecule has 1 amide bonds. The Labute approximate surface area is 147 Å². The minimum atomic E-state index is -0.312. The van der Waals surface area contributed by atoms with E-state index >= 15 is 0 Å². The van der Waals surface area contributed by atoms with Crippen LogP contribution >= 0.6 is 0 Å². The Balaban J connectivity index is 1.51. The van der Waals surface area contributed by atoms with Gasteiger partial charge in [-0.25, -0.2) is 0 Å². The first-order valence-corrected chi connectivity index (χ1v) is 8.38. The highest BCUT2D eigenvalue weighted by atomic mass is 16.2. The lowest BCUT2D eigenvalue weighted by Crippen LogP contribution is -2.50. The Morgan fingerprint density at radius 2 is 1.92 bits per heavy atom. The second-order valence-electron chi connectivity index (χ2n) is 5.95. The summed E-state index contributed by atoms with van der Waals surface area (Å²) < 4.78 is 0. The molecule has 6 nitrogen and oxygen atoms in total. The number of hydrogen-bond donors (Lipinski definition) is 1. The normalized spacial score (nSPS) is 16.0. The van der Waals surface area contributed by atoms with E-state index in [2.05, 4.69) is 21.3 Å². The molecule has 3 rings (SSSR count). The molecule has 1 unspecified atom stereocenters. The number of carbonyl (C=O) groups excluding carboxylic acids is 1. The standard InChI is InChI=1S/C19H21N5O/c20-13-18(16-5-4-8-21-14-16)23-9-11-24(12-10-23)19(25)15-22-17-6-2-1-3-7-17/h1-8,14,18,22H,9-12,15H2. The zero-order valence-electron chi connectivity index (χ0n) is 14.0. The van der Waals surface area contributed by atoms with E-state index in [0.717, 1.165) is 11.3 Å². The van der Waals surface area contributed by atoms with Gasteiger partial charge in [-0.15, -0.1) is 0 Å². The molecule has 6 heteroatoms. The molecule has 1 aliphatic heterocycles. The van der Waals surface area contributed by atoms with Gasteiger partial charge in [0, 0.05) is 49.8 Å². The van der Waals surface area contributed by atoms with Gasteiger partial charge >= 0.3 is 0 Å². The van der Waals surface area contributed by atoms with E-state index in [0.29, 0.717) is 26.2 Å². The molecule has 2 heterocycles. The van der Waals surface area contributed by atoms with Crippen LogP contribution in [-0.4, -0.2) is 53.4 Å². The highest BCUT2D eigenvalue weighted by Crippen LogP contribution is 2.20. The number of aromatic nitrogens is 1. The van der Waals surface area contributed by atoms with Gasteiger partial charge in [0.15, 0.2) is 0 Å². The van der Waals surface area contributed by atoms with Crippen molar-refractivity contribution in [3.8, 4) is 6.07 Å². The van der Waals surface area contributed by atoms with Crippen molar-refractivity contribution in [2.24, 2.45) is 0 Å². The van der Waals surface area contributed by atoms with Crippen molar-refractivity contribution in [2.75, 3.05) is 38.0 Å². The Morgan fingerprint density at radius 3 is 2.56 bits per heavy atom. The number of rotatable bonds is 5. The lowest BCUT2D eigenvalue weighted by molar-refractivity contribution is -0.131. The first kappa shape index (κ1) is 16.9. The Morgan fingerprint density at radius 1 is 1.16 bits per heavy atom. The fourth-order valence-corrected chi connectivity index (χ4v) is 2.98. The first-order valence-electron chi connectivity index (χ1n) is 8.38. The molecule has 1 saturated heterocycles. The quantitative estimate of drug-likeness (QED) is 0.903. The first-order chi connectivity index (χ1) is 12.3. The molecule has 25 heavy (non-hydrogen) atoms. The second-order valence-corrected chi connectivity index (χ2v) is 5.95. The molecule has 1 atom stereocenters. The molecule has 2 aromatic rings. The number of para-hydroxylation sites is 1. The number of nitrogens with zero attached hydrogens (tertiary/aromatic N) is 4. The Kier molecular flexibility index (Phi) is 5.60. The van der Waals surface area contributed by atoms with Crippen LogP contribution in [0.15, 0.2) is 54.9 Å². The molecule has 1 N–H and O–H groups in total. The summed E-state index contributed by atoms with van der Waals surface area (Å²) in [5.74, 6) is 0.0818. The van der Waals surface area contributed by atoms with Crippen LogP contribution in [0.2, 0.25) is 0 Å². The van der Waals surface area contributed by atoms with Crippen LogP contribution in [0, 0.1) is 11.3 Å². The summed E-state index contributed by atoms with van der Waals surface area (Å²) in [6.07, 6.45) is 3.43. The smallest absolute Gasteiger partial charge is 0.241 e. The number of nitriles is 1. The van der Waals surface area contributed by atoms with Crippen molar-refractivity contribution >= 4 is 11.6 Å². The maximum absolute atomic E-state index is 12.4. The van der Waals surface area contributed by atoms with Crippen LogP contribution in [0.4, 0.5) is 5.69 Å². The van der Waals surface area contributed by atoms with Crippen molar-refractivity contribution in [3.63, 3.8) is 0 Å². The summed E-state index contributed by atoms with van der Waals surface area (Å²) in [5.41, 5.74) is 1.84. The van der Waals surface area contributed by atoms with Crippen molar-refractivity contribution in [3.05, 3.63) is 60.4 Å². The number of carbonyl (C=O) groups is 1. The molecule has 0 radical (unpaired) electrons. The highest BCUT2D eigenvalue weighted by molar-refractivity contribution is 5.81. The molecule has 0 spiro atoms. The maximum Gasteiger partial charge on any atom is 0.241 e. The highest BCUT2D eigenvalue weighted by Gasteiger charge is 2.26. The number of piperazine rings is 1. The van der Waals surface area contributed by atoms with Crippen LogP contribution < -0.4 is 5.32 Å². The van der Waals surface area contributed by atoms with E-state index in [1.165, 1.54) is 0 Å². The molecule has 0 saturated carbocycles. The molecular formula is C19H21N5O. The Hall–Kier alpha value is -2.91. The van der Waals surface area contributed by atoms with Crippen molar-refractivity contribution in [2.45, 2.75) is 6.04 Å². The van der Waals surface area contributed by atoms with E-state index in [1.54, 1.807) is 12.4 Å². The van der Waals surface area contributed by atoms with Gasteiger partial charge in [0.2, 0.25) is 5.91 Å². The van der Waals surface area contributed by atoms with Crippen molar-refractivity contribution in [1.82, 2.24) is 14.8 Å². The van der Waals surface area contributed by atoms with Gasteiger partial charge in [-0.2, -0.15) is 5.26 Å². The summed E-state index contributed by atoms with van der Waals surface area (Å²) in [6.45, 7) is 2.92. The average molecular weight is 335 g/mol. The zero-order valence-corrected chi connectivity index (χ0v) is 14.0. The van der Waals surface area contributed by atoms with Gasteiger partial charge in [0.05, 0.1) is 12.6 Å². The third-order valence-corrected chi connectivity index (χ3v) is 4.37. The summed E-state index contributed by atoms with van der Waals surface area (Å²) in [4.78, 5) is 20.4. The van der Waals surface area contributed by atoms with Gasteiger partial charge in [0.25, 0.3) is 0 Å². The zero-order chi connectivity index (χ0) is 17.5. The van der Waals surface area contributed by atoms with Gasteiger partial charge in [-0.3, -0.25) is 14.7 Å². The van der Waals surface area contributed by atoms with Crippen LogP contribution in [0.1, 0.15) is 11.6 Å². The third-order valence-electron chi connectivity index (χ3n) is 4.37. The second kappa shape index (κ2) is 8.27. The van der Waals surface area contributed by atoms with E-state index < -0.39 is 0 Å². The molecule has 1 aliphatic rings. The summed E-state index contributed by atoms with van der Waals surface area (Å²) in [7, 11) is 0. The fraction of sp³-hybridized carbons (Fsp3) is 0.316. The number of benzene rings is 1. The number of amides is 1. The molecule has 0 aliphatic carbocycles. The number of hydrogen-bond acceptors (Lipinski definition) is 5. The molecule has 1 aromatic heterocycles. The number of nitrogens with one attached hydrogen (secondary N) is 1. The van der Waals surface area contributed by atoms with Gasteiger partial charge in [-0.05, 0) is 18.2 Å². The van der Waals surface area contributed by atoms with E-state index in [-0.39, 0.29) is 18.5 Å². The molecule has 1 aromatic carbocycles. The molecule has 0 bridgehead atoms. The Bertz CT molecular complexity index is 720. The van der Waals surface area contributed by atoms with E-state index in [4.69, 9.17) is 0 Å². The minimum Gasteiger partial charge on any atom is -0.376 e. The van der Waals surface area contributed by atoms with Crippen LogP contribution in [-0.2, 0) is 4.79 Å². The fourth-order valence-electron chi connectivity index (χ4n) is 2.98. The minimum absolute atomic E-state index is 0.0818. The predicted octanol–water partition coefficient (Wildman–Crippen LogP) is 1.90. The summed E-state index contributed by atoms with van der Waals surface area (Å²) in [5, 5.41) is 12.7. The molecule has 128 valence electrons. The topological polar surface area (TPSA) is 72.3 Å². The molecular weight excluding hydrogens is 314 g/mol. The summed E-state index contributed by atoms with van der Waals surface area (Å²) >= 11 is 0. The predicted molar refractivity (Wildman–Crippen MR) is 95.7 cm³/mol. The lowest BCUT2D eigenvalue weighted by Gasteiger charge is -2.37. The van der Waals surface area contributed by atoms with Crippen LogP contribution in [0.3, 0.4) is 0 Å². The van der Waals surface area contributed by atoms with Gasteiger partial charge in [0.1, 0.15) is 6.04 Å². The van der Waals surface area contributed by atoms with Crippen molar-refractivity contribution < 1.29 is 4.79 Å². The van der Waals surface area contributed by atoms with Gasteiger partial charge < -0.3 is 10.2 Å². The van der Waals surface area contributed by atoms with E-state index in [1.807, 2.05) is 47.4 Å². The molecule has 1 fully saturated rings. The SMILES string of the molecule is N#CC(c1cccnc1)N1CCN(C(=O)CNc2ccccc2)CC1. The van der Waals surface area contributed by atoms with Crippen LogP contribution in [0.5, 0.6) is 0 Å². The maximum atomic E-state index is 12.4. The lowest BCUT2D eigenvalue weighted by atomic mass is 10.1. The average Bonchev–Trinajstić information content (AvgIpc) is 2.69. The van der Waals surface area contributed by atoms with Crippen molar-refractivity contribution in [1.29, 1.82) is 5.26 Å². The third kappa shape index (κ3) is 4.34. The van der Waals surface area contributed by atoms with E-state index in [9.17, 15) is 10.1 Å². The number of pyridine rings is 1. The largest absolute Gasteiger partial charge is 0.376 e.